The fourth-order valence-corrected chi connectivity index (χ4v) is 8.08. The Kier molecular flexibility index (Phi) is 6.04. The van der Waals surface area contributed by atoms with Gasteiger partial charge in [0.2, 0.25) is 11.8 Å². The molecule has 5 aliphatic carbocycles. The van der Waals surface area contributed by atoms with Crippen molar-refractivity contribution in [1.29, 1.82) is 0 Å². The number of carbonyl (C=O) groups excluding carboxylic acids is 2. The monoisotopic (exact) mass is 437 g/mol. The van der Waals surface area contributed by atoms with E-state index in [2.05, 4.69) is 12.3 Å². The van der Waals surface area contributed by atoms with Crippen molar-refractivity contribution in [2.24, 2.45) is 29.1 Å². The molecular formula is C27H39N3O2. The number of amides is 2. The quantitative estimate of drug-likeness (QED) is 0.652. The number of hydrogen-bond donors (Lipinski definition) is 1. The molecule has 0 radical (unpaired) electrons. The summed E-state index contributed by atoms with van der Waals surface area (Å²) in [5.74, 6) is 2.34. The number of para-hydroxylation sites is 1. The van der Waals surface area contributed by atoms with Crippen molar-refractivity contribution < 1.29 is 9.59 Å². The van der Waals surface area contributed by atoms with E-state index in [1.54, 1.807) is 12.1 Å². The molecule has 1 N–H and O–H groups in total. The largest absolute Gasteiger partial charge is 0.308 e. The maximum absolute atomic E-state index is 13.8. The van der Waals surface area contributed by atoms with Crippen LogP contribution in [0.5, 0.6) is 0 Å². The minimum Gasteiger partial charge on any atom is -0.308 e. The second kappa shape index (κ2) is 8.81. The SMILES string of the molecule is CNN(CC(=O)N(c1ccccc1)C1CCCCC1)C(=O)C1C2CC3CC(C2)CC1(C)C3. The molecule has 1 aromatic carbocycles. The van der Waals surface area contributed by atoms with Gasteiger partial charge in [0.15, 0.2) is 0 Å². The van der Waals surface area contributed by atoms with E-state index in [1.165, 1.54) is 51.4 Å². The summed E-state index contributed by atoms with van der Waals surface area (Å²) in [7, 11) is 1.79. The molecule has 6 rings (SSSR count). The van der Waals surface area contributed by atoms with Gasteiger partial charge in [0, 0.05) is 24.7 Å². The molecule has 0 spiro atoms. The molecule has 5 nitrogen and oxygen atoms in total. The summed E-state index contributed by atoms with van der Waals surface area (Å²) in [6.45, 7) is 2.45. The highest BCUT2D eigenvalue weighted by atomic mass is 16.2. The maximum Gasteiger partial charge on any atom is 0.248 e. The van der Waals surface area contributed by atoms with Gasteiger partial charge in [-0.05, 0) is 80.2 Å². The third-order valence-electron chi connectivity index (χ3n) is 9.01. The molecule has 5 fully saturated rings. The molecule has 1 aromatic rings. The Hall–Kier alpha value is -1.88. The van der Waals surface area contributed by atoms with E-state index >= 15 is 0 Å². The summed E-state index contributed by atoms with van der Waals surface area (Å²) in [6.07, 6.45) is 11.8. The first-order chi connectivity index (χ1) is 15.5. The Bertz CT molecular complexity index is 821. The number of hydrogen-bond acceptors (Lipinski definition) is 3. The Labute approximate surface area is 192 Å². The van der Waals surface area contributed by atoms with E-state index in [4.69, 9.17) is 0 Å². The average Bonchev–Trinajstić information content (AvgIpc) is 2.77. The summed E-state index contributed by atoms with van der Waals surface area (Å²) in [5.41, 5.74) is 4.16. The number of rotatable bonds is 6. The Morgan fingerprint density at radius 1 is 1.00 bits per heavy atom. The zero-order valence-electron chi connectivity index (χ0n) is 19.8. The lowest BCUT2D eigenvalue weighted by molar-refractivity contribution is -0.164. The van der Waals surface area contributed by atoms with Gasteiger partial charge in [-0.3, -0.25) is 14.6 Å². The van der Waals surface area contributed by atoms with Crippen molar-refractivity contribution >= 4 is 17.5 Å². The lowest BCUT2D eigenvalue weighted by Crippen LogP contribution is -2.60. The number of anilines is 1. The summed E-state index contributed by atoms with van der Waals surface area (Å²) in [4.78, 5) is 29.5. The summed E-state index contributed by atoms with van der Waals surface area (Å²) in [5, 5.41) is 1.64. The summed E-state index contributed by atoms with van der Waals surface area (Å²) in [6, 6.07) is 10.3. The maximum atomic E-state index is 13.8. The molecule has 0 aliphatic heterocycles. The highest BCUT2D eigenvalue weighted by Gasteiger charge is 2.57. The fraction of sp³-hybridized carbons (Fsp3) is 0.704. The fourth-order valence-electron chi connectivity index (χ4n) is 8.08. The van der Waals surface area contributed by atoms with Crippen LogP contribution in [0, 0.1) is 29.1 Å². The molecular weight excluding hydrogens is 398 g/mol. The van der Waals surface area contributed by atoms with Gasteiger partial charge in [-0.1, -0.05) is 44.4 Å². The van der Waals surface area contributed by atoms with Crippen LogP contribution in [0.15, 0.2) is 30.3 Å². The number of carbonyl (C=O) groups is 2. The van der Waals surface area contributed by atoms with Gasteiger partial charge in [-0.25, -0.2) is 5.43 Å². The lowest BCUT2D eigenvalue weighted by Gasteiger charge is -2.59. The summed E-state index contributed by atoms with van der Waals surface area (Å²) < 4.78 is 0. The first-order valence-corrected chi connectivity index (χ1v) is 12.8. The van der Waals surface area contributed by atoms with Crippen LogP contribution in [0.2, 0.25) is 0 Å². The van der Waals surface area contributed by atoms with Gasteiger partial charge in [0.1, 0.15) is 6.54 Å². The van der Waals surface area contributed by atoms with E-state index in [9.17, 15) is 9.59 Å². The molecule has 4 bridgehead atoms. The highest BCUT2D eigenvalue weighted by Crippen LogP contribution is 2.63. The molecule has 2 amide bonds. The Morgan fingerprint density at radius 3 is 2.25 bits per heavy atom. The molecule has 32 heavy (non-hydrogen) atoms. The van der Waals surface area contributed by atoms with Gasteiger partial charge in [0.25, 0.3) is 0 Å². The predicted molar refractivity (Wildman–Crippen MR) is 127 cm³/mol. The molecule has 5 saturated carbocycles. The molecule has 0 saturated heterocycles. The predicted octanol–water partition coefficient (Wildman–Crippen LogP) is 4.78. The number of benzene rings is 1. The average molecular weight is 438 g/mol. The van der Waals surface area contributed by atoms with Crippen molar-refractivity contribution in [3.05, 3.63) is 30.3 Å². The zero-order chi connectivity index (χ0) is 22.3. The van der Waals surface area contributed by atoms with E-state index in [0.29, 0.717) is 5.92 Å². The van der Waals surface area contributed by atoms with Crippen molar-refractivity contribution in [3.8, 4) is 0 Å². The van der Waals surface area contributed by atoms with Gasteiger partial charge in [-0.15, -0.1) is 0 Å². The third-order valence-corrected chi connectivity index (χ3v) is 9.01. The van der Waals surface area contributed by atoms with Crippen LogP contribution in [0.25, 0.3) is 0 Å². The van der Waals surface area contributed by atoms with Crippen LogP contribution >= 0.6 is 0 Å². The molecule has 0 aromatic heterocycles. The van der Waals surface area contributed by atoms with Crippen LogP contribution in [0.3, 0.4) is 0 Å². The van der Waals surface area contributed by atoms with Gasteiger partial charge < -0.3 is 4.90 Å². The van der Waals surface area contributed by atoms with Gasteiger partial charge in [0.05, 0.1) is 0 Å². The van der Waals surface area contributed by atoms with E-state index in [-0.39, 0.29) is 35.7 Å². The molecule has 3 atom stereocenters. The Balaban J connectivity index is 1.35. The van der Waals surface area contributed by atoms with Gasteiger partial charge in [-0.2, -0.15) is 0 Å². The van der Waals surface area contributed by atoms with Crippen molar-refractivity contribution in [1.82, 2.24) is 10.4 Å². The van der Waals surface area contributed by atoms with E-state index in [1.807, 2.05) is 35.2 Å². The first kappa shape index (κ1) is 21.9. The van der Waals surface area contributed by atoms with E-state index in [0.717, 1.165) is 30.4 Å². The standard InChI is InChI=1S/C27H39N3O2/c1-27-16-19-13-20(17-27)15-21(14-19)25(27)26(32)29(28-2)18-24(31)30(22-9-5-3-6-10-22)23-11-7-4-8-12-23/h3,5-6,9-10,19-21,23,25,28H,4,7-8,11-18H2,1-2H3. The van der Waals surface area contributed by atoms with Gasteiger partial charge >= 0.3 is 0 Å². The highest BCUT2D eigenvalue weighted by molar-refractivity contribution is 5.97. The lowest BCUT2D eigenvalue weighted by atomic mass is 9.45. The zero-order valence-corrected chi connectivity index (χ0v) is 19.8. The third kappa shape index (κ3) is 3.98. The second-order valence-corrected chi connectivity index (χ2v) is 11.3. The molecule has 0 heterocycles. The van der Waals surface area contributed by atoms with Crippen LogP contribution in [0.4, 0.5) is 5.69 Å². The molecule has 5 aliphatic rings. The number of hydrazine groups is 1. The molecule has 174 valence electrons. The van der Waals surface area contributed by atoms with Crippen LogP contribution in [0.1, 0.15) is 71.1 Å². The number of nitrogens with one attached hydrogen (secondary N) is 1. The minimum atomic E-state index is 0.0276. The van der Waals surface area contributed by atoms with Crippen molar-refractivity contribution in [2.75, 3.05) is 18.5 Å². The second-order valence-electron chi connectivity index (χ2n) is 11.3. The summed E-state index contributed by atoms with van der Waals surface area (Å²) >= 11 is 0. The topological polar surface area (TPSA) is 52.7 Å². The van der Waals surface area contributed by atoms with Crippen LogP contribution in [-0.2, 0) is 9.59 Å². The van der Waals surface area contributed by atoms with Crippen molar-refractivity contribution in [2.45, 2.75) is 77.2 Å². The molecule has 3 unspecified atom stereocenters. The first-order valence-electron chi connectivity index (χ1n) is 12.8. The smallest absolute Gasteiger partial charge is 0.248 e. The number of nitrogens with zero attached hydrogens (tertiary/aromatic N) is 2. The van der Waals surface area contributed by atoms with E-state index < -0.39 is 0 Å². The Morgan fingerprint density at radius 2 is 1.66 bits per heavy atom. The minimum absolute atomic E-state index is 0.0276. The molecule has 5 heteroatoms. The normalized spacial score (nSPS) is 33.8. The van der Waals surface area contributed by atoms with Crippen LogP contribution in [-0.4, -0.2) is 36.5 Å². The van der Waals surface area contributed by atoms with Crippen LogP contribution < -0.4 is 10.3 Å². The van der Waals surface area contributed by atoms with Crippen molar-refractivity contribution in [3.63, 3.8) is 0 Å².